The molecule has 2 saturated heterocycles. The normalized spacial score (nSPS) is 19.2. The van der Waals surface area contributed by atoms with Gasteiger partial charge in [0, 0.05) is 45.8 Å². The maximum atomic E-state index is 6.94. The minimum Gasteiger partial charge on any atom is -0.494 e. The Morgan fingerprint density at radius 1 is 0.458 bits per heavy atom. The van der Waals surface area contributed by atoms with E-state index in [9.17, 15) is 0 Å². The molecule has 0 unspecified atom stereocenters. The van der Waals surface area contributed by atoms with Crippen molar-refractivity contribution in [1.82, 2.24) is 10.1 Å². The Bertz CT molecular complexity index is 1930. The van der Waals surface area contributed by atoms with Crippen molar-refractivity contribution in [3.8, 4) is 11.5 Å². The summed E-state index contributed by atoms with van der Waals surface area (Å²) in [5, 5.41) is 4.99. The fourth-order valence-electron chi connectivity index (χ4n) is 10.5. The van der Waals surface area contributed by atoms with Gasteiger partial charge in [-0.2, -0.15) is 10.1 Å². The molecule has 0 amide bonds. The summed E-state index contributed by atoms with van der Waals surface area (Å²) in [6.45, 7) is 44.9. The van der Waals surface area contributed by atoms with E-state index in [1.807, 2.05) is 0 Å². The van der Waals surface area contributed by atoms with Gasteiger partial charge in [0.2, 0.25) is 16.6 Å². The highest BCUT2D eigenvalue weighted by atomic mass is 79.9. The van der Waals surface area contributed by atoms with Crippen LogP contribution in [0.15, 0.2) is 77.3 Å². The fraction of sp³-hybridized carbons (Fsp3) is 0.705. The minimum absolute atomic E-state index is 0.0891. The highest BCUT2D eigenvalue weighted by molar-refractivity contribution is 9.10. The van der Waals surface area contributed by atoms with E-state index in [-0.39, 0.29) is 50.4 Å². The third-order valence-electron chi connectivity index (χ3n) is 16.3. The summed E-state index contributed by atoms with van der Waals surface area (Å²) in [7, 11) is -3.90. The van der Waals surface area contributed by atoms with Crippen LogP contribution in [0.25, 0.3) is 0 Å². The van der Waals surface area contributed by atoms with Crippen LogP contribution in [0.5, 0.6) is 11.5 Å². The second-order valence-electron chi connectivity index (χ2n) is 27.0. The van der Waals surface area contributed by atoms with E-state index < -0.39 is 16.6 Å². The van der Waals surface area contributed by atoms with Crippen molar-refractivity contribution in [3.63, 3.8) is 0 Å². The number of benzene rings is 3. The molecule has 0 aliphatic carbocycles. The van der Waals surface area contributed by atoms with Crippen molar-refractivity contribution >= 4 is 32.6 Å². The van der Waals surface area contributed by atoms with Gasteiger partial charge in [-0.05, 0) is 209 Å². The van der Waals surface area contributed by atoms with Gasteiger partial charge in [0.25, 0.3) is 0 Å². The standard InChI is InChI=1S/C61H101BrN2O6Si2/c1-56(2,3)71(15,16)69-63-58(7,8)43-53(44-59(63,9)10)67-41-25-21-19-23-39-65-51-35-29-48(30-36-51)55(47-27-33-50(62)34-28-47)49-31-37-52(38-32-49)66-40-24-20-22-26-42-68-54-45-60(11,12)64(61(13,14)46-54)70-72(17,18)57(4,5)6/h27-38,53-55H,19-26,39-46H2,1-18H3. The van der Waals surface area contributed by atoms with Crippen LogP contribution in [-0.4, -0.2) is 87.6 Å². The largest absolute Gasteiger partial charge is 0.494 e. The molecule has 3 aromatic rings. The van der Waals surface area contributed by atoms with Crippen molar-refractivity contribution in [2.75, 3.05) is 26.4 Å². The first-order valence-corrected chi connectivity index (χ1v) is 34.4. The Morgan fingerprint density at radius 2 is 0.736 bits per heavy atom. The summed E-state index contributed by atoms with van der Waals surface area (Å²) < 4.78 is 40.5. The SMILES string of the molecule is CC1(C)CC(OCCCCCCOc2ccc(C(c3ccc(Br)cc3)c3ccc(OCCCCCCOC4CC(C)(C)N(O[Si](C)(C)C(C)(C)C)C(C)(C)C4)cc3)cc2)CC(C)(C)N1O[Si](C)(C)C(C)(C)C. The number of hydrogen-bond donors (Lipinski definition) is 0. The summed E-state index contributed by atoms with van der Waals surface area (Å²) in [6, 6.07) is 26.1. The number of hydrogen-bond acceptors (Lipinski definition) is 8. The molecule has 11 heteroatoms. The molecule has 2 heterocycles. The molecule has 0 saturated carbocycles. The highest BCUT2D eigenvalue weighted by Gasteiger charge is 2.52. The van der Waals surface area contributed by atoms with Crippen molar-refractivity contribution in [1.29, 1.82) is 0 Å². The molecule has 406 valence electrons. The lowest BCUT2D eigenvalue weighted by molar-refractivity contribution is -0.248. The number of halogens is 1. The second-order valence-corrected chi connectivity index (χ2v) is 37.3. The van der Waals surface area contributed by atoms with Crippen molar-refractivity contribution in [2.24, 2.45) is 0 Å². The molecule has 2 aliphatic heterocycles. The third-order valence-corrected chi connectivity index (χ3v) is 25.3. The molecule has 0 atom stereocenters. The van der Waals surface area contributed by atoms with E-state index in [2.05, 4.69) is 222 Å². The summed E-state index contributed by atoms with van der Waals surface area (Å²) in [5.74, 6) is 1.92. The molecule has 0 aromatic heterocycles. The van der Waals surface area contributed by atoms with E-state index >= 15 is 0 Å². The Labute approximate surface area is 450 Å². The van der Waals surface area contributed by atoms with Crippen LogP contribution in [0.3, 0.4) is 0 Å². The molecule has 0 spiro atoms. The minimum atomic E-state index is -1.95. The summed E-state index contributed by atoms with van der Waals surface area (Å²) >= 11 is 3.64. The van der Waals surface area contributed by atoms with Crippen LogP contribution in [0.1, 0.15) is 197 Å². The molecule has 8 nitrogen and oxygen atoms in total. The number of rotatable bonds is 25. The number of nitrogens with zero attached hydrogens (tertiary/aromatic N) is 2. The molecule has 3 aromatic carbocycles. The van der Waals surface area contributed by atoms with Crippen molar-refractivity contribution in [2.45, 2.75) is 251 Å². The Morgan fingerprint density at radius 3 is 1.03 bits per heavy atom. The van der Waals surface area contributed by atoms with Crippen LogP contribution in [0.4, 0.5) is 0 Å². The highest BCUT2D eigenvalue weighted by Crippen LogP contribution is 2.47. The maximum Gasteiger partial charge on any atom is 0.220 e. The van der Waals surface area contributed by atoms with E-state index in [0.29, 0.717) is 13.2 Å². The van der Waals surface area contributed by atoms with E-state index in [4.69, 9.17) is 28.0 Å². The first-order chi connectivity index (χ1) is 33.3. The van der Waals surface area contributed by atoms with Gasteiger partial charge in [-0.15, -0.1) is 0 Å². The number of unbranched alkanes of at least 4 members (excludes halogenated alkanes) is 6. The molecule has 5 rings (SSSR count). The molecular weight excluding hydrogens is 993 g/mol. The lowest BCUT2D eigenvalue weighted by atomic mass is 9.80. The van der Waals surface area contributed by atoms with Crippen LogP contribution < -0.4 is 9.47 Å². The van der Waals surface area contributed by atoms with Gasteiger partial charge in [0.1, 0.15) is 11.5 Å². The number of hydroxylamine groups is 4. The molecular formula is C61H101BrN2O6Si2. The zero-order chi connectivity index (χ0) is 53.4. The fourth-order valence-corrected chi connectivity index (χ4v) is 13.3. The lowest BCUT2D eigenvalue weighted by Crippen LogP contribution is -2.65. The molecule has 2 aliphatic rings. The van der Waals surface area contributed by atoms with Gasteiger partial charge in [-0.1, -0.05) is 107 Å². The number of ether oxygens (including phenoxy) is 4. The summed E-state index contributed by atoms with van der Waals surface area (Å²) in [6.07, 6.45) is 13.2. The van der Waals surface area contributed by atoms with Gasteiger partial charge in [-0.3, -0.25) is 0 Å². The van der Waals surface area contributed by atoms with Gasteiger partial charge < -0.3 is 28.0 Å². The summed E-state index contributed by atoms with van der Waals surface area (Å²) in [4.78, 5) is 0. The van der Waals surface area contributed by atoms with Crippen LogP contribution in [0, 0.1) is 0 Å². The van der Waals surface area contributed by atoms with Crippen molar-refractivity contribution < 1.29 is 28.0 Å². The molecule has 0 N–H and O–H groups in total. The Balaban J connectivity index is 1.00. The van der Waals surface area contributed by atoms with E-state index in [1.54, 1.807) is 0 Å². The van der Waals surface area contributed by atoms with Gasteiger partial charge in [0.05, 0.1) is 25.4 Å². The topological polar surface area (TPSA) is 61.9 Å². The monoisotopic (exact) mass is 1090 g/mol. The number of piperidine rings is 2. The quantitative estimate of drug-likeness (QED) is 0.0472. The first kappa shape index (κ1) is 60.8. The van der Waals surface area contributed by atoms with Gasteiger partial charge in [0.15, 0.2) is 0 Å². The maximum absolute atomic E-state index is 6.94. The van der Waals surface area contributed by atoms with Gasteiger partial charge >= 0.3 is 0 Å². The molecule has 0 bridgehead atoms. The zero-order valence-electron chi connectivity index (χ0n) is 48.7. The van der Waals surface area contributed by atoms with Crippen LogP contribution >= 0.6 is 15.9 Å². The average Bonchev–Trinajstić information content (AvgIpc) is 3.26. The average molecular weight is 1090 g/mol. The molecule has 72 heavy (non-hydrogen) atoms. The first-order valence-electron chi connectivity index (χ1n) is 27.8. The Hall–Kier alpha value is -2.07. The van der Waals surface area contributed by atoms with Crippen LogP contribution in [0.2, 0.25) is 36.3 Å². The van der Waals surface area contributed by atoms with Crippen molar-refractivity contribution in [3.05, 3.63) is 94.0 Å². The second kappa shape index (κ2) is 24.9. The third kappa shape index (κ3) is 17.0. The van der Waals surface area contributed by atoms with Gasteiger partial charge in [-0.25, -0.2) is 0 Å². The summed E-state index contributed by atoms with van der Waals surface area (Å²) in [5.41, 5.74) is 3.36. The zero-order valence-corrected chi connectivity index (χ0v) is 52.3. The Kier molecular flexibility index (Phi) is 21.1. The molecule has 2 fully saturated rings. The smallest absolute Gasteiger partial charge is 0.220 e. The van der Waals surface area contributed by atoms with E-state index in [1.165, 1.54) is 16.7 Å². The predicted octanol–water partition coefficient (Wildman–Crippen LogP) is 17.5. The molecule has 0 radical (unpaired) electrons. The van der Waals surface area contributed by atoms with E-state index in [0.717, 1.165) is 106 Å². The predicted molar refractivity (Wildman–Crippen MR) is 310 cm³/mol. The van der Waals surface area contributed by atoms with Crippen LogP contribution in [-0.2, 0) is 18.5 Å². The lowest BCUT2D eigenvalue weighted by Gasteiger charge is -2.57.